The third-order valence-electron chi connectivity index (χ3n) is 8.83. The van der Waals surface area contributed by atoms with Crippen LogP contribution in [0.1, 0.15) is 52.2 Å². The lowest BCUT2D eigenvalue weighted by atomic mass is 9.79. The first-order valence-electron chi connectivity index (χ1n) is 14.2. The molecule has 2 aliphatic rings. The second kappa shape index (κ2) is 9.45. The van der Waals surface area contributed by atoms with Crippen LogP contribution in [0.25, 0.3) is 21.5 Å². The first-order chi connectivity index (χ1) is 19.2. The molecule has 0 saturated heterocycles. The van der Waals surface area contributed by atoms with E-state index in [2.05, 4.69) is 142 Å². The third kappa shape index (κ3) is 3.79. The highest BCUT2D eigenvalue weighted by molar-refractivity contribution is 6.08. The first kappa shape index (κ1) is 26.0. The monoisotopic (exact) mass is 525 g/mol. The summed E-state index contributed by atoms with van der Waals surface area (Å²) in [4.78, 5) is 15.2. The molecule has 2 heterocycles. The number of carbonyl (C=O) groups is 1. The number of benzene rings is 4. The third-order valence-corrected chi connectivity index (χ3v) is 8.83. The zero-order valence-electron chi connectivity index (χ0n) is 24.3. The molecule has 0 unspecified atom stereocenters. The second-order valence-corrected chi connectivity index (χ2v) is 11.9. The molecule has 4 aromatic rings. The number of nitrogens with zero attached hydrogens (tertiary/aromatic N) is 2. The van der Waals surface area contributed by atoms with Gasteiger partial charge in [-0.05, 0) is 59.2 Å². The zero-order chi connectivity index (χ0) is 28.2. The molecule has 0 spiro atoms. The lowest BCUT2D eigenvalue weighted by molar-refractivity contribution is -0.401. The number of hydrogen-bond acceptors (Lipinski definition) is 1. The van der Waals surface area contributed by atoms with Gasteiger partial charge in [-0.2, -0.15) is 4.58 Å². The van der Waals surface area contributed by atoms with Crippen LogP contribution in [-0.4, -0.2) is 23.2 Å². The molecular weight excluding hydrogens is 488 g/mol. The van der Waals surface area contributed by atoms with Crippen molar-refractivity contribution in [3.63, 3.8) is 0 Å². The van der Waals surface area contributed by atoms with Crippen LogP contribution < -0.4 is 4.90 Å². The van der Waals surface area contributed by atoms with E-state index >= 15 is 0 Å². The number of amides is 1. The fraction of sp³-hybridized carbons (Fsp3) is 0.243. The molecule has 3 nitrogen and oxygen atoms in total. The average Bonchev–Trinajstić information content (AvgIpc) is 3.30. The summed E-state index contributed by atoms with van der Waals surface area (Å²) in [5.74, 6) is 0.118. The highest BCUT2D eigenvalue weighted by atomic mass is 16.2. The van der Waals surface area contributed by atoms with Crippen molar-refractivity contribution in [1.29, 1.82) is 0 Å². The molecule has 0 saturated carbocycles. The second-order valence-electron chi connectivity index (χ2n) is 11.9. The Kier molecular flexibility index (Phi) is 6.14. The minimum atomic E-state index is -0.305. The van der Waals surface area contributed by atoms with Gasteiger partial charge < -0.3 is 0 Å². The van der Waals surface area contributed by atoms with Crippen LogP contribution in [0.3, 0.4) is 0 Å². The van der Waals surface area contributed by atoms with E-state index in [1.54, 1.807) is 0 Å². The van der Waals surface area contributed by atoms with Gasteiger partial charge in [0.15, 0.2) is 5.71 Å². The summed E-state index contributed by atoms with van der Waals surface area (Å²) in [5.41, 5.74) is 6.72. The van der Waals surface area contributed by atoms with E-state index < -0.39 is 0 Å². The van der Waals surface area contributed by atoms with Crippen molar-refractivity contribution in [2.75, 3.05) is 11.9 Å². The van der Waals surface area contributed by atoms with Gasteiger partial charge >= 0.3 is 0 Å². The summed E-state index contributed by atoms with van der Waals surface area (Å²) < 4.78 is 2.31. The molecule has 0 bridgehead atoms. The van der Waals surface area contributed by atoms with Gasteiger partial charge in [0.25, 0.3) is 0 Å². The minimum absolute atomic E-state index is 0.117. The van der Waals surface area contributed by atoms with Crippen molar-refractivity contribution in [2.24, 2.45) is 0 Å². The van der Waals surface area contributed by atoms with Crippen molar-refractivity contribution in [1.82, 2.24) is 0 Å². The number of fused-ring (bicyclic) bond motifs is 6. The Hall–Kier alpha value is -4.24. The molecule has 40 heavy (non-hydrogen) atoms. The minimum Gasteiger partial charge on any atom is -0.284 e. The van der Waals surface area contributed by atoms with E-state index in [-0.39, 0.29) is 16.7 Å². The Balaban J connectivity index is 1.34. The molecule has 1 amide bonds. The Labute approximate surface area is 237 Å². The van der Waals surface area contributed by atoms with E-state index in [0.717, 1.165) is 11.4 Å². The molecule has 0 atom stereocenters. The average molecular weight is 526 g/mol. The van der Waals surface area contributed by atoms with Crippen LogP contribution in [0.5, 0.6) is 0 Å². The van der Waals surface area contributed by atoms with Crippen molar-refractivity contribution < 1.29 is 9.37 Å². The topological polar surface area (TPSA) is 23.3 Å². The van der Waals surface area contributed by atoms with Crippen molar-refractivity contribution in [3.8, 4) is 0 Å². The summed E-state index contributed by atoms with van der Waals surface area (Å²) >= 11 is 0. The first-order valence-corrected chi connectivity index (χ1v) is 14.2. The fourth-order valence-electron chi connectivity index (χ4n) is 6.90. The van der Waals surface area contributed by atoms with E-state index in [1.165, 1.54) is 44.1 Å². The molecule has 0 radical (unpaired) electrons. The van der Waals surface area contributed by atoms with Gasteiger partial charge in [0.05, 0.1) is 11.1 Å². The zero-order valence-corrected chi connectivity index (χ0v) is 24.3. The number of allylic oxidation sites excluding steroid dienone is 6. The smallest absolute Gasteiger partial charge is 0.231 e. The van der Waals surface area contributed by atoms with Crippen molar-refractivity contribution >= 4 is 44.5 Å². The summed E-state index contributed by atoms with van der Waals surface area (Å²) in [6.45, 7) is 11.0. The van der Waals surface area contributed by atoms with Crippen molar-refractivity contribution in [2.45, 2.75) is 51.9 Å². The summed E-state index contributed by atoms with van der Waals surface area (Å²) in [6.07, 6.45) is 11.1. The van der Waals surface area contributed by atoms with E-state index in [4.69, 9.17) is 0 Å². The fourth-order valence-corrected chi connectivity index (χ4v) is 6.90. The van der Waals surface area contributed by atoms with Crippen LogP contribution in [0.4, 0.5) is 11.4 Å². The maximum absolute atomic E-state index is 13.2. The van der Waals surface area contributed by atoms with Crippen LogP contribution >= 0.6 is 0 Å². The molecular formula is C37H37N2O+. The number of hydrogen-bond donors (Lipinski definition) is 0. The maximum Gasteiger partial charge on any atom is 0.231 e. The Morgan fingerprint density at radius 2 is 1.40 bits per heavy atom. The molecule has 0 N–H and O–H groups in total. The van der Waals surface area contributed by atoms with Crippen LogP contribution in [-0.2, 0) is 15.6 Å². The van der Waals surface area contributed by atoms with Gasteiger partial charge in [-0.15, -0.1) is 0 Å². The Morgan fingerprint density at radius 3 is 2.08 bits per heavy atom. The van der Waals surface area contributed by atoms with Gasteiger partial charge in [0.1, 0.15) is 7.05 Å². The lowest BCUT2D eigenvalue weighted by Crippen LogP contribution is -2.31. The van der Waals surface area contributed by atoms with Crippen molar-refractivity contribution in [3.05, 3.63) is 120 Å². The van der Waals surface area contributed by atoms with E-state index in [9.17, 15) is 4.79 Å². The molecule has 0 fully saturated rings. The van der Waals surface area contributed by atoms with Gasteiger partial charge in [-0.1, -0.05) is 93.6 Å². The van der Waals surface area contributed by atoms with E-state index in [0.29, 0.717) is 6.42 Å². The molecule has 6 rings (SSSR count). The largest absolute Gasteiger partial charge is 0.284 e. The number of rotatable bonds is 4. The quantitative estimate of drug-likeness (QED) is 0.193. The highest BCUT2D eigenvalue weighted by Gasteiger charge is 2.44. The van der Waals surface area contributed by atoms with Gasteiger partial charge in [0.2, 0.25) is 11.6 Å². The highest BCUT2D eigenvalue weighted by Crippen LogP contribution is 2.51. The molecule has 4 aromatic carbocycles. The molecule has 2 aliphatic heterocycles. The maximum atomic E-state index is 13.2. The van der Waals surface area contributed by atoms with E-state index in [1.807, 2.05) is 11.8 Å². The SMILES string of the molecule is CCC(=O)N1C(=CC=CC=CC2=[N+](C)c3ccc4ccccc4c3C2(C)C)C(C)(C)c2c1ccc1ccccc21. The predicted octanol–water partition coefficient (Wildman–Crippen LogP) is 8.73. The lowest BCUT2D eigenvalue weighted by Gasteiger charge is -2.25. The van der Waals surface area contributed by atoms with Gasteiger partial charge in [-0.3, -0.25) is 9.69 Å². The number of carbonyl (C=O) groups excluding carboxylic acids is 1. The summed E-state index contributed by atoms with van der Waals surface area (Å²) in [6, 6.07) is 25.8. The molecule has 200 valence electrons. The van der Waals surface area contributed by atoms with Crippen LogP contribution in [0, 0.1) is 0 Å². The van der Waals surface area contributed by atoms with Crippen LogP contribution in [0.15, 0.2) is 109 Å². The molecule has 0 aliphatic carbocycles. The van der Waals surface area contributed by atoms with Crippen LogP contribution in [0.2, 0.25) is 0 Å². The summed E-state index contributed by atoms with van der Waals surface area (Å²) in [5, 5.41) is 5.00. The molecule has 0 aromatic heterocycles. The Bertz CT molecular complexity index is 1810. The van der Waals surface area contributed by atoms with Gasteiger partial charge in [0, 0.05) is 35.2 Å². The Morgan fingerprint density at radius 1 is 0.775 bits per heavy atom. The normalized spacial score (nSPS) is 18.6. The summed E-state index contributed by atoms with van der Waals surface area (Å²) in [7, 11) is 2.16. The number of anilines is 1. The molecule has 3 heteroatoms. The van der Waals surface area contributed by atoms with Gasteiger partial charge in [-0.25, -0.2) is 0 Å². The standard InChI is InChI=1S/C37H37N2O/c1-7-33(40)39-30-24-22-26-16-12-14-18-28(26)35(30)37(4,5)32(39)20-10-8-9-19-31-36(2,3)34-27-17-13-11-15-25(27)21-23-29(34)38(31)6/h8-24H,7H2,1-6H3/q+1. The predicted molar refractivity (Wildman–Crippen MR) is 169 cm³/mol.